The van der Waals surface area contributed by atoms with E-state index in [1.54, 1.807) is 0 Å². The molecule has 1 aliphatic carbocycles. The topological polar surface area (TPSA) is 4.93 Å². The predicted molar refractivity (Wildman–Crippen MR) is 62.6 cm³/mol. The van der Waals surface area contributed by atoms with Crippen molar-refractivity contribution in [1.82, 2.24) is 4.57 Å². The highest BCUT2D eigenvalue weighted by Gasteiger charge is 2.27. The van der Waals surface area contributed by atoms with Crippen LogP contribution in [0.5, 0.6) is 0 Å². The summed E-state index contributed by atoms with van der Waals surface area (Å²) in [7, 11) is 2.12. The molecule has 14 heavy (non-hydrogen) atoms. The normalized spacial score (nSPS) is 16.4. The van der Waals surface area contributed by atoms with Crippen LogP contribution < -0.4 is 0 Å². The number of rotatable bonds is 1. The Bertz CT molecular complexity index is 494. The summed E-state index contributed by atoms with van der Waals surface area (Å²) in [5, 5.41) is 1.42. The van der Waals surface area contributed by atoms with Crippen LogP contribution in [0.2, 0.25) is 0 Å². The first-order chi connectivity index (χ1) is 6.77. The highest BCUT2D eigenvalue weighted by atomic mass is 79.9. The van der Waals surface area contributed by atoms with E-state index in [4.69, 9.17) is 0 Å². The van der Waals surface area contributed by atoms with Gasteiger partial charge in [0.2, 0.25) is 0 Å². The maximum absolute atomic E-state index is 3.61. The van der Waals surface area contributed by atoms with E-state index in [2.05, 4.69) is 51.9 Å². The number of aromatic nitrogens is 1. The van der Waals surface area contributed by atoms with E-state index in [-0.39, 0.29) is 0 Å². The molecule has 0 amide bonds. The Kier molecular flexibility index (Phi) is 1.75. The van der Waals surface area contributed by atoms with Crippen LogP contribution in [-0.2, 0) is 7.05 Å². The third kappa shape index (κ3) is 1.13. The van der Waals surface area contributed by atoms with Crippen LogP contribution in [0.15, 0.2) is 28.9 Å². The fourth-order valence-electron chi connectivity index (χ4n) is 2.17. The molecular formula is C12H12BrN. The van der Waals surface area contributed by atoms with Crippen LogP contribution in [0.3, 0.4) is 0 Å². The van der Waals surface area contributed by atoms with Crippen molar-refractivity contribution in [2.45, 2.75) is 18.8 Å². The van der Waals surface area contributed by atoms with E-state index < -0.39 is 0 Å². The molecule has 0 spiro atoms. The Hall–Kier alpha value is -0.760. The molecule has 1 aromatic carbocycles. The van der Waals surface area contributed by atoms with Crippen LogP contribution in [0.1, 0.15) is 24.3 Å². The number of para-hydroxylation sites is 1. The smallest absolute Gasteiger partial charge is 0.0625 e. The van der Waals surface area contributed by atoms with Crippen molar-refractivity contribution in [3.8, 4) is 0 Å². The van der Waals surface area contributed by atoms with Gasteiger partial charge in [0.25, 0.3) is 0 Å². The van der Waals surface area contributed by atoms with Crippen LogP contribution in [-0.4, -0.2) is 4.57 Å². The van der Waals surface area contributed by atoms with Crippen LogP contribution in [0, 0.1) is 0 Å². The third-order valence-electron chi connectivity index (χ3n) is 3.00. The first-order valence-corrected chi connectivity index (χ1v) is 5.80. The molecule has 0 unspecified atom stereocenters. The Morgan fingerprint density at radius 2 is 2.14 bits per heavy atom. The first kappa shape index (κ1) is 8.54. The molecule has 1 nitrogen and oxygen atoms in total. The molecule has 1 aliphatic rings. The lowest BCUT2D eigenvalue weighted by Gasteiger charge is -1.98. The van der Waals surface area contributed by atoms with Crippen molar-refractivity contribution in [2.24, 2.45) is 7.05 Å². The van der Waals surface area contributed by atoms with Crippen LogP contribution >= 0.6 is 15.9 Å². The standard InChI is InChI=1S/C12H12BrN/c1-14-7-10(8-5-6-8)9-3-2-4-11(13)12(9)14/h2-4,7-8H,5-6H2,1H3. The van der Waals surface area contributed by atoms with Gasteiger partial charge in [-0.1, -0.05) is 12.1 Å². The van der Waals surface area contributed by atoms with Gasteiger partial charge in [0.15, 0.2) is 0 Å². The summed E-state index contributed by atoms with van der Waals surface area (Å²) in [6, 6.07) is 6.46. The summed E-state index contributed by atoms with van der Waals surface area (Å²) in [5.41, 5.74) is 2.86. The van der Waals surface area contributed by atoms with Crippen molar-refractivity contribution < 1.29 is 0 Å². The third-order valence-corrected chi connectivity index (χ3v) is 3.64. The molecule has 3 rings (SSSR count). The number of halogens is 1. The molecular weight excluding hydrogens is 238 g/mol. The van der Waals surface area contributed by atoms with E-state index in [0.29, 0.717) is 0 Å². The highest BCUT2D eigenvalue weighted by molar-refractivity contribution is 9.10. The molecule has 1 heterocycles. The second kappa shape index (κ2) is 2.86. The van der Waals surface area contributed by atoms with Gasteiger partial charge in [-0.3, -0.25) is 0 Å². The average molecular weight is 250 g/mol. The van der Waals surface area contributed by atoms with Gasteiger partial charge in [0, 0.05) is 23.1 Å². The molecule has 1 aromatic heterocycles. The summed E-state index contributed by atoms with van der Waals surface area (Å²) < 4.78 is 3.43. The van der Waals surface area contributed by atoms with Gasteiger partial charge < -0.3 is 4.57 Å². The second-order valence-corrected chi connectivity index (χ2v) is 4.96. The lowest BCUT2D eigenvalue weighted by molar-refractivity contribution is 0.950. The number of hydrogen-bond donors (Lipinski definition) is 0. The number of nitrogens with zero attached hydrogens (tertiary/aromatic N) is 1. The molecule has 0 radical (unpaired) electrons. The average Bonchev–Trinajstić information content (AvgIpc) is 2.93. The minimum absolute atomic E-state index is 0.827. The van der Waals surface area contributed by atoms with Crippen LogP contribution in [0.25, 0.3) is 10.9 Å². The molecule has 0 saturated heterocycles. The van der Waals surface area contributed by atoms with Gasteiger partial charge in [-0.15, -0.1) is 0 Å². The molecule has 0 atom stereocenters. The number of aryl methyl sites for hydroxylation is 1. The highest BCUT2D eigenvalue weighted by Crippen LogP contribution is 2.44. The van der Waals surface area contributed by atoms with Gasteiger partial charge >= 0.3 is 0 Å². The number of hydrogen-bond acceptors (Lipinski definition) is 0. The molecule has 72 valence electrons. The lowest BCUT2D eigenvalue weighted by atomic mass is 10.1. The molecule has 1 saturated carbocycles. The summed E-state index contributed by atoms with van der Waals surface area (Å²) in [5.74, 6) is 0.827. The molecule has 1 fully saturated rings. The zero-order valence-corrected chi connectivity index (χ0v) is 9.71. The van der Waals surface area contributed by atoms with E-state index >= 15 is 0 Å². The van der Waals surface area contributed by atoms with Gasteiger partial charge in [-0.25, -0.2) is 0 Å². The minimum atomic E-state index is 0.827. The van der Waals surface area contributed by atoms with Crippen molar-refractivity contribution >= 4 is 26.8 Å². The molecule has 2 aromatic rings. The maximum Gasteiger partial charge on any atom is 0.0625 e. The molecule has 0 N–H and O–H groups in total. The van der Waals surface area contributed by atoms with E-state index in [1.165, 1.54) is 33.8 Å². The summed E-state index contributed by atoms with van der Waals surface area (Å²) in [4.78, 5) is 0. The van der Waals surface area contributed by atoms with Gasteiger partial charge in [-0.05, 0) is 46.3 Å². The second-order valence-electron chi connectivity index (χ2n) is 4.11. The largest absolute Gasteiger partial charge is 0.349 e. The zero-order valence-electron chi connectivity index (χ0n) is 8.13. The number of fused-ring (bicyclic) bond motifs is 1. The van der Waals surface area contributed by atoms with E-state index in [1.807, 2.05) is 0 Å². The van der Waals surface area contributed by atoms with Gasteiger partial charge in [0.05, 0.1) is 5.52 Å². The maximum atomic E-state index is 3.61. The minimum Gasteiger partial charge on any atom is -0.349 e. The van der Waals surface area contributed by atoms with Gasteiger partial charge in [0.1, 0.15) is 0 Å². The fourth-order valence-corrected chi connectivity index (χ4v) is 2.82. The Morgan fingerprint density at radius 1 is 1.36 bits per heavy atom. The van der Waals surface area contributed by atoms with Crippen LogP contribution in [0.4, 0.5) is 0 Å². The summed E-state index contributed by atoms with van der Waals surface area (Å²) in [6.07, 6.45) is 5.02. The Balaban J connectivity index is 2.37. The van der Waals surface area contributed by atoms with Crippen molar-refractivity contribution in [3.05, 3.63) is 34.4 Å². The summed E-state index contributed by atoms with van der Waals surface area (Å²) in [6.45, 7) is 0. The zero-order chi connectivity index (χ0) is 9.71. The van der Waals surface area contributed by atoms with E-state index in [0.717, 1.165) is 5.92 Å². The summed E-state index contributed by atoms with van der Waals surface area (Å²) >= 11 is 3.61. The quantitative estimate of drug-likeness (QED) is 0.725. The molecule has 0 aliphatic heterocycles. The Morgan fingerprint density at radius 3 is 2.86 bits per heavy atom. The van der Waals surface area contributed by atoms with E-state index in [9.17, 15) is 0 Å². The van der Waals surface area contributed by atoms with Crippen molar-refractivity contribution in [2.75, 3.05) is 0 Å². The van der Waals surface area contributed by atoms with Crippen molar-refractivity contribution in [3.63, 3.8) is 0 Å². The lowest BCUT2D eigenvalue weighted by Crippen LogP contribution is -1.83. The molecule has 2 heteroatoms. The predicted octanol–water partition coefficient (Wildman–Crippen LogP) is 3.82. The Labute approximate surface area is 91.9 Å². The first-order valence-electron chi connectivity index (χ1n) is 5.01. The molecule has 0 bridgehead atoms. The van der Waals surface area contributed by atoms with Crippen molar-refractivity contribution in [1.29, 1.82) is 0 Å². The number of benzene rings is 1. The SMILES string of the molecule is Cn1cc(C2CC2)c2cccc(Br)c21. The van der Waals surface area contributed by atoms with Gasteiger partial charge in [-0.2, -0.15) is 0 Å². The monoisotopic (exact) mass is 249 g/mol. The fraction of sp³-hybridized carbons (Fsp3) is 0.333.